The molecule has 0 radical (unpaired) electrons. The van der Waals surface area contributed by atoms with Crippen molar-refractivity contribution in [2.24, 2.45) is 0 Å². The molecule has 2 heteroatoms. The van der Waals surface area contributed by atoms with Gasteiger partial charge in [-0.15, -0.1) is 11.6 Å². The van der Waals surface area contributed by atoms with Crippen LogP contribution in [0.3, 0.4) is 0 Å². The smallest absolute Gasteiger partial charge is 0.0773 e. The number of rotatable bonds is 5. The molecule has 0 heterocycles. The number of halogens is 1. The predicted molar refractivity (Wildman–Crippen MR) is 45.6 cm³/mol. The van der Waals surface area contributed by atoms with Gasteiger partial charge in [0.1, 0.15) is 0 Å². The molecule has 0 aliphatic heterocycles. The van der Waals surface area contributed by atoms with Crippen LogP contribution in [-0.4, -0.2) is 18.6 Å². The first-order chi connectivity index (χ1) is 4.68. The van der Waals surface area contributed by atoms with Gasteiger partial charge < -0.3 is 4.74 Å². The molecule has 1 unspecified atom stereocenters. The van der Waals surface area contributed by atoms with Crippen LogP contribution in [0.1, 0.15) is 20.3 Å². The van der Waals surface area contributed by atoms with E-state index in [-0.39, 0.29) is 5.38 Å². The zero-order valence-corrected chi connectivity index (χ0v) is 7.45. The van der Waals surface area contributed by atoms with Gasteiger partial charge in [-0.3, -0.25) is 0 Å². The molecule has 10 heavy (non-hydrogen) atoms. The van der Waals surface area contributed by atoms with Crippen molar-refractivity contribution < 1.29 is 4.74 Å². The van der Waals surface area contributed by atoms with Crippen molar-refractivity contribution in [1.29, 1.82) is 0 Å². The summed E-state index contributed by atoms with van der Waals surface area (Å²) in [6.07, 6.45) is 1.04. The van der Waals surface area contributed by atoms with E-state index >= 15 is 0 Å². The SMILES string of the molecule is C=C(C)C(Cl)COCCC. The van der Waals surface area contributed by atoms with E-state index in [0.717, 1.165) is 18.6 Å². The van der Waals surface area contributed by atoms with E-state index in [2.05, 4.69) is 13.5 Å². The van der Waals surface area contributed by atoms with Gasteiger partial charge in [0.05, 0.1) is 12.0 Å². The molecule has 0 amide bonds. The predicted octanol–water partition coefficient (Wildman–Crippen LogP) is 2.60. The summed E-state index contributed by atoms with van der Waals surface area (Å²) in [6.45, 7) is 9.08. The van der Waals surface area contributed by atoms with E-state index in [1.807, 2.05) is 6.92 Å². The highest BCUT2D eigenvalue weighted by molar-refractivity contribution is 6.22. The van der Waals surface area contributed by atoms with Crippen LogP contribution in [0, 0.1) is 0 Å². The molecule has 1 nitrogen and oxygen atoms in total. The quantitative estimate of drug-likeness (QED) is 0.343. The maximum Gasteiger partial charge on any atom is 0.0773 e. The lowest BCUT2D eigenvalue weighted by Gasteiger charge is -2.08. The maximum absolute atomic E-state index is 5.83. The second kappa shape index (κ2) is 5.75. The number of hydrogen-bond acceptors (Lipinski definition) is 1. The van der Waals surface area contributed by atoms with Gasteiger partial charge in [-0.05, 0) is 13.3 Å². The number of hydrogen-bond donors (Lipinski definition) is 0. The molecule has 0 N–H and O–H groups in total. The third-order valence-corrected chi connectivity index (χ3v) is 1.65. The van der Waals surface area contributed by atoms with Crippen molar-refractivity contribution in [2.75, 3.05) is 13.2 Å². The maximum atomic E-state index is 5.83. The van der Waals surface area contributed by atoms with Gasteiger partial charge in [0, 0.05) is 6.61 Å². The summed E-state index contributed by atoms with van der Waals surface area (Å²) in [5, 5.41) is -0.0217. The van der Waals surface area contributed by atoms with Crippen LogP contribution in [0.5, 0.6) is 0 Å². The van der Waals surface area contributed by atoms with Crippen LogP contribution >= 0.6 is 11.6 Å². The summed E-state index contributed by atoms with van der Waals surface area (Å²) in [4.78, 5) is 0. The van der Waals surface area contributed by atoms with Crippen molar-refractivity contribution in [1.82, 2.24) is 0 Å². The first-order valence-corrected chi connectivity index (χ1v) is 3.99. The lowest BCUT2D eigenvalue weighted by molar-refractivity contribution is 0.139. The second-order valence-electron chi connectivity index (χ2n) is 2.39. The van der Waals surface area contributed by atoms with Crippen molar-refractivity contribution >= 4 is 11.6 Å². The van der Waals surface area contributed by atoms with Crippen LogP contribution in [-0.2, 0) is 4.74 Å². The first kappa shape index (κ1) is 9.99. The lowest BCUT2D eigenvalue weighted by atomic mass is 10.2. The van der Waals surface area contributed by atoms with Crippen molar-refractivity contribution in [3.63, 3.8) is 0 Å². The molecule has 0 bridgehead atoms. The Hall–Kier alpha value is -0.0100. The molecule has 0 aliphatic carbocycles. The Bertz CT molecular complexity index is 101. The van der Waals surface area contributed by atoms with E-state index in [4.69, 9.17) is 16.3 Å². The third-order valence-electron chi connectivity index (χ3n) is 1.15. The Morgan fingerprint density at radius 3 is 2.70 bits per heavy atom. The second-order valence-corrected chi connectivity index (χ2v) is 2.92. The minimum atomic E-state index is -0.0217. The standard InChI is InChI=1S/C8H15ClO/c1-4-5-10-6-8(9)7(2)3/h8H,2,4-6H2,1,3H3. The largest absolute Gasteiger partial charge is 0.380 e. The van der Waals surface area contributed by atoms with Crippen LogP contribution < -0.4 is 0 Å². The highest BCUT2D eigenvalue weighted by atomic mass is 35.5. The fourth-order valence-electron chi connectivity index (χ4n) is 0.473. The van der Waals surface area contributed by atoms with Gasteiger partial charge in [0.25, 0.3) is 0 Å². The molecule has 0 fully saturated rings. The molecule has 0 aliphatic rings. The van der Waals surface area contributed by atoms with Crippen LogP contribution in [0.4, 0.5) is 0 Å². The normalized spacial score (nSPS) is 13.1. The Kier molecular flexibility index (Phi) is 5.74. The topological polar surface area (TPSA) is 9.23 Å². The number of alkyl halides is 1. The zero-order valence-electron chi connectivity index (χ0n) is 6.69. The summed E-state index contributed by atoms with van der Waals surface area (Å²) in [5.41, 5.74) is 0.970. The van der Waals surface area contributed by atoms with E-state index < -0.39 is 0 Å². The van der Waals surface area contributed by atoms with E-state index in [1.54, 1.807) is 0 Å². The molecular weight excluding hydrogens is 148 g/mol. The summed E-state index contributed by atoms with van der Waals surface area (Å²) in [5.74, 6) is 0. The zero-order chi connectivity index (χ0) is 7.98. The summed E-state index contributed by atoms with van der Waals surface area (Å²) < 4.78 is 5.21. The number of ether oxygens (including phenoxy) is 1. The van der Waals surface area contributed by atoms with E-state index in [0.29, 0.717) is 6.61 Å². The highest BCUT2D eigenvalue weighted by Gasteiger charge is 2.03. The lowest BCUT2D eigenvalue weighted by Crippen LogP contribution is -2.10. The van der Waals surface area contributed by atoms with Crippen LogP contribution in [0.2, 0.25) is 0 Å². The van der Waals surface area contributed by atoms with Gasteiger partial charge in [-0.25, -0.2) is 0 Å². The highest BCUT2D eigenvalue weighted by Crippen LogP contribution is 2.06. The molecular formula is C8H15ClO. The fraction of sp³-hybridized carbons (Fsp3) is 0.750. The van der Waals surface area contributed by atoms with Gasteiger partial charge >= 0.3 is 0 Å². The van der Waals surface area contributed by atoms with Crippen molar-refractivity contribution in [3.8, 4) is 0 Å². The molecule has 0 spiro atoms. The van der Waals surface area contributed by atoms with Gasteiger partial charge in [-0.2, -0.15) is 0 Å². The van der Waals surface area contributed by atoms with Gasteiger partial charge in [0.15, 0.2) is 0 Å². The summed E-state index contributed by atoms with van der Waals surface area (Å²) in [7, 11) is 0. The Labute approximate surface area is 68.0 Å². The van der Waals surface area contributed by atoms with Crippen molar-refractivity contribution in [3.05, 3.63) is 12.2 Å². The van der Waals surface area contributed by atoms with E-state index in [9.17, 15) is 0 Å². The summed E-state index contributed by atoms with van der Waals surface area (Å²) >= 11 is 5.83. The molecule has 1 atom stereocenters. The molecule has 0 saturated heterocycles. The molecule has 60 valence electrons. The molecule has 0 aromatic heterocycles. The monoisotopic (exact) mass is 162 g/mol. The molecule has 0 saturated carbocycles. The molecule has 0 aromatic rings. The Balaban J connectivity index is 3.21. The Morgan fingerprint density at radius 2 is 2.30 bits per heavy atom. The summed E-state index contributed by atoms with van der Waals surface area (Å²) in [6, 6.07) is 0. The average molecular weight is 163 g/mol. The van der Waals surface area contributed by atoms with Crippen LogP contribution in [0.25, 0.3) is 0 Å². The van der Waals surface area contributed by atoms with Crippen LogP contribution in [0.15, 0.2) is 12.2 Å². The van der Waals surface area contributed by atoms with Gasteiger partial charge in [0.2, 0.25) is 0 Å². The van der Waals surface area contributed by atoms with Gasteiger partial charge in [-0.1, -0.05) is 19.1 Å². The van der Waals surface area contributed by atoms with Crippen molar-refractivity contribution in [2.45, 2.75) is 25.6 Å². The Morgan fingerprint density at radius 1 is 1.70 bits per heavy atom. The molecule has 0 rings (SSSR count). The molecule has 0 aromatic carbocycles. The first-order valence-electron chi connectivity index (χ1n) is 3.55. The van der Waals surface area contributed by atoms with E-state index in [1.165, 1.54) is 0 Å². The minimum Gasteiger partial charge on any atom is -0.380 e. The third kappa shape index (κ3) is 4.83. The average Bonchev–Trinajstić information content (AvgIpc) is 1.88. The fourth-order valence-corrected chi connectivity index (χ4v) is 0.562. The minimum absolute atomic E-state index is 0.0217.